The Labute approximate surface area is 395 Å². The van der Waals surface area contributed by atoms with Crippen LogP contribution in [0.5, 0.6) is 0 Å². The van der Waals surface area contributed by atoms with Gasteiger partial charge in [-0.05, 0) is 0 Å². The number of ether oxygens (including phenoxy) is 9. The lowest BCUT2D eigenvalue weighted by molar-refractivity contribution is -0.301. The smallest absolute Gasteiger partial charge is 0.455 e. The summed E-state index contributed by atoms with van der Waals surface area (Å²) < 4.78 is 425. The first kappa shape index (κ1) is 70.8. The fraction of sp³-hybridized carbons (Fsp3) is 0.848. The van der Waals surface area contributed by atoms with Crippen molar-refractivity contribution in [3.8, 4) is 0 Å². The van der Waals surface area contributed by atoms with Crippen molar-refractivity contribution in [2.24, 2.45) is 0 Å². The Balaban J connectivity index is 7.36. The summed E-state index contributed by atoms with van der Waals surface area (Å²) in [5, 5.41) is 0. The van der Waals surface area contributed by atoms with Gasteiger partial charge >= 0.3 is 90.5 Å². The molecule has 0 aromatic rings. The minimum Gasteiger partial charge on any atom is -0.457 e. The molecule has 0 saturated carbocycles. The van der Waals surface area contributed by atoms with Gasteiger partial charge in [-0.15, -0.1) is 0 Å². The fourth-order valence-electron chi connectivity index (χ4n) is 3.88. The number of hydrogen-bond acceptors (Lipinski definition) is 12. The van der Waals surface area contributed by atoms with Gasteiger partial charge in [0.05, 0.1) is 51.6 Å². The molecule has 0 heterocycles. The van der Waals surface area contributed by atoms with Crippen molar-refractivity contribution in [3.63, 3.8) is 0 Å². The number of rotatable bonds is 31. The normalized spacial score (nSPS) is 14.8. The van der Waals surface area contributed by atoms with E-state index in [4.69, 9.17) is 0 Å². The highest BCUT2D eigenvalue weighted by molar-refractivity contribution is 6.00. The SMILES string of the molecule is O=C(/C=C(/CC(=O)OC(COCC(F)(F)C(F)(F)F)COCC(F)(F)C(F)(F)F)C(=O)OC(COCC(F)(F)C(F)(F)F)COCC(F)(F)C(F)(F)F)OC(COCC(F)(F)C(F)(F)F)COCC(F)(F)C(F)(F)F. The minimum absolute atomic E-state index is 0.616. The predicted octanol–water partition coefficient (Wildman–Crippen LogP) is 9.32. The van der Waals surface area contributed by atoms with Gasteiger partial charge < -0.3 is 42.6 Å². The first-order valence-electron chi connectivity index (χ1n) is 18.7. The minimum atomic E-state index is -6.49. The molecule has 0 atom stereocenters. The van der Waals surface area contributed by atoms with Crippen LogP contribution in [0.1, 0.15) is 6.42 Å². The van der Waals surface area contributed by atoms with E-state index in [-0.39, 0.29) is 0 Å². The molecule has 75 heavy (non-hydrogen) atoms. The van der Waals surface area contributed by atoms with Gasteiger partial charge in [-0.25, -0.2) is 9.59 Å². The third kappa shape index (κ3) is 23.9. The predicted molar refractivity (Wildman–Crippen MR) is 173 cm³/mol. The highest BCUT2D eigenvalue weighted by atomic mass is 19.5. The second kappa shape index (κ2) is 26.4. The zero-order valence-electron chi connectivity index (χ0n) is 35.7. The monoisotopic (exact) mass is 1190 g/mol. The lowest BCUT2D eigenvalue weighted by Gasteiger charge is -2.25. The van der Waals surface area contributed by atoms with Crippen LogP contribution in [-0.2, 0) is 57.0 Å². The van der Waals surface area contributed by atoms with Crippen molar-refractivity contribution < 1.29 is 189 Å². The van der Waals surface area contributed by atoms with Gasteiger partial charge in [0.15, 0.2) is 0 Å². The molecule has 0 aliphatic rings. The second-order valence-corrected chi connectivity index (χ2v) is 14.3. The third-order valence-electron chi connectivity index (χ3n) is 7.75. The van der Waals surface area contributed by atoms with Crippen LogP contribution in [0.15, 0.2) is 11.6 Å². The molecule has 0 rings (SSSR count). The summed E-state index contributed by atoms with van der Waals surface area (Å²) in [6.07, 6.45) is -50.3. The largest absolute Gasteiger partial charge is 0.457 e. The molecular weight excluding hydrogens is 1160 g/mol. The summed E-state index contributed by atoms with van der Waals surface area (Å²) in [4.78, 5) is 39.0. The van der Waals surface area contributed by atoms with Crippen molar-refractivity contribution in [1.82, 2.24) is 0 Å². The average Bonchev–Trinajstić information content (AvgIpc) is 3.17. The zero-order valence-corrected chi connectivity index (χ0v) is 35.7. The molecule has 0 radical (unpaired) electrons. The second-order valence-electron chi connectivity index (χ2n) is 14.3. The van der Waals surface area contributed by atoms with Crippen LogP contribution in [0.25, 0.3) is 0 Å². The first-order valence-corrected chi connectivity index (χ1v) is 18.7. The Bertz CT molecular complexity index is 1720. The number of halogens is 30. The highest BCUT2D eigenvalue weighted by Gasteiger charge is 2.62. The van der Waals surface area contributed by atoms with Gasteiger partial charge in [0, 0.05) is 6.08 Å². The van der Waals surface area contributed by atoms with Crippen LogP contribution in [0, 0.1) is 0 Å². The van der Waals surface area contributed by atoms with Crippen molar-refractivity contribution >= 4 is 17.9 Å². The Kier molecular flexibility index (Phi) is 25.0. The molecule has 12 nitrogen and oxygen atoms in total. The Hall–Kier alpha value is -4.19. The molecule has 0 N–H and O–H groups in total. The highest BCUT2D eigenvalue weighted by Crippen LogP contribution is 2.40. The van der Waals surface area contributed by atoms with Crippen LogP contribution >= 0.6 is 0 Å². The number of alkyl halides is 30. The van der Waals surface area contributed by atoms with E-state index in [0.717, 1.165) is 0 Å². The summed E-state index contributed by atoms with van der Waals surface area (Å²) >= 11 is 0. The Morgan fingerprint density at radius 2 is 0.507 bits per heavy atom. The number of hydrogen-bond donors (Lipinski definition) is 0. The Morgan fingerprint density at radius 3 is 0.720 bits per heavy atom. The summed E-state index contributed by atoms with van der Waals surface area (Å²) in [5.41, 5.74) is -1.99. The number of carbonyl (C=O) groups excluding carboxylic acids is 3. The summed E-state index contributed by atoms with van der Waals surface area (Å²) in [6, 6.07) is 0. The topological polar surface area (TPSA) is 134 Å². The molecule has 0 aromatic carbocycles. The van der Waals surface area contributed by atoms with Gasteiger partial charge in [0.25, 0.3) is 0 Å². The van der Waals surface area contributed by atoms with Crippen LogP contribution in [-0.4, -0.2) is 188 Å². The van der Waals surface area contributed by atoms with E-state index in [0.29, 0.717) is 0 Å². The van der Waals surface area contributed by atoms with Crippen LogP contribution in [0.3, 0.4) is 0 Å². The maximum Gasteiger partial charge on any atom is 0.455 e. The number of carbonyl (C=O) groups is 3. The first-order chi connectivity index (χ1) is 33.2. The summed E-state index contributed by atoms with van der Waals surface area (Å²) in [7, 11) is 0. The van der Waals surface area contributed by atoms with Crippen molar-refractivity contribution in [2.45, 2.75) is 97.3 Å². The average molecular weight is 1190 g/mol. The van der Waals surface area contributed by atoms with Crippen LogP contribution < -0.4 is 0 Å². The van der Waals surface area contributed by atoms with Gasteiger partial charge in [-0.1, -0.05) is 0 Å². The van der Waals surface area contributed by atoms with E-state index >= 15 is 0 Å². The molecule has 0 unspecified atom stereocenters. The Morgan fingerprint density at radius 1 is 0.307 bits per heavy atom. The van der Waals surface area contributed by atoms with Crippen molar-refractivity contribution in [1.29, 1.82) is 0 Å². The maximum atomic E-state index is 13.4. The third-order valence-corrected chi connectivity index (χ3v) is 7.75. The molecular formula is C33H30F30O12. The van der Waals surface area contributed by atoms with E-state index in [9.17, 15) is 146 Å². The fourth-order valence-corrected chi connectivity index (χ4v) is 3.88. The molecule has 0 aliphatic carbocycles. The van der Waals surface area contributed by atoms with Crippen LogP contribution in [0.4, 0.5) is 132 Å². The van der Waals surface area contributed by atoms with E-state index < -0.39 is 206 Å². The van der Waals surface area contributed by atoms with Gasteiger partial charge in [-0.3, -0.25) is 4.79 Å². The molecule has 42 heteroatoms. The quantitative estimate of drug-likeness (QED) is 0.0284. The van der Waals surface area contributed by atoms with E-state index in [2.05, 4.69) is 42.6 Å². The zero-order chi connectivity index (χ0) is 59.3. The molecule has 0 amide bonds. The summed E-state index contributed by atoms with van der Waals surface area (Å²) in [5.74, 6) is -42.7. The molecule has 0 aliphatic heterocycles. The van der Waals surface area contributed by atoms with Crippen molar-refractivity contribution in [2.75, 3.05) is 79.3 Å². The molecule has 0 bridgehead atoms. The molecule has 0 spiro atoms. The molecule has 444 valence electrons. The van der Waals surface area contributed by atoms with E-state index in [1.165, 1.54) is 0 Å². The van der Waals surface area contributed by atoms with E-state index in [1.807, 2.05) is 0 Å². The lowest BCUT2D eigenvalue weighted by atomic mass is 10.1. The molecule has 0 aromatic heterocycles. The van der Waals surface area contributed by atoms with Gasteiger partial charge in [-0.2, -0.15) is 132 Å². The van der Waals surface area contributed by atoms with Gasteiger partial charge in [0.2, 0.25) is 0 Å². The standard InChI is InChI=1S/C33H30F30O12/c34-22(35,28(46,47)48)9-67-3-16(4-68-10-23(36,37)29(49,50)51)73-19(64)1-15(21(66)75-18(7-71-13-26(42,43)32(58,59)60)8-72-14-27(44,45)33(61,62)63)2-20(65)74-17(5-69-11-24(38,39)30(52,53)54)6-70-12-25(40,41)31(55,56)57/h1,16-18H,2-14H2/b15-1-. The lowest BCUT2D eigenvalue weighted by Crippen LogP contribution is -2.43. The van der Waals surface area contributed by atoms with Gasteiger partial charge in [0.1, 0.15) is 58.0 Å². The molecule has 0 saturated heterocycles. The number of esters is 3. The maximum absolute atomic E-state index is 13.4. The van der Waals surface area contributed by atoms with Crippen LogP contribution in [0.2, 0.25) is 0 Å². The summed E-state index contributed by atoms with van der Waals surface area (Å²) in [6.45, 7) is -28.9. The van der Waals surface area contributed by atoms with Crippen molar-refractivity contribution in [3.05, 3.63) is 11.6 Å². The molecule has 0 fully saturated rings. The van der Waals surface area contributed by atoms with E-state index in [1.54, 1.807) is 0 Å².